The maximum Gasteiger partial charge on any atom is 0.200 e. The van der Waals surface area contributed by atoms with Gasteiger partial charge in [0.05, 0.1) is 24.8 Å². The first-order valence-corrected chi connectivity index (χ1v) is 5.58. The van der Waals surface area contributed by atoms with E-state index in [1.54, 1.807) is 33.9 Å². The van der Waals surface area contributed by atoms with Crippen LogP contribution in [0.4, 0.5) is 0 Å². The highest BCUT2D eigenvalue weighted by atomic mass is 16.7. The zero-order valence-corrected chi connectivity index (χ0v) is 10.7. The second-order valence-electron chi connectivity index (χ2n) is 3.56. The van der Waals surface area contributed by atoms with Crippen molar-refractivity contribution < 1.29 is 14.2 Å². The Bertz CT molecular complexity index is 300. The van der Waals surface area contributed by atoms with Crippen LogP contribution in [0.2, 0.25) is 0 Å². The number of rotatable bonds is 9. The van der Waals surface area contributed by atoms with Gasteiger partial charge in [0.2, 0.25) is 0 Å². The Balaban J connectivity index is 2.40. The second kappa shape index (κ2) is 8.19. The van der Waals surface area contributed by atoms with Crippen LogP contribution >= 0.6 is 0 Å². The number of hydrogen-bond acceptors (Lipinski definition) is 5. The molecule has 0 unspecified atom stereocenters. The predicted octanol–water partition coefficient (Wildman–Crippen LogP) is 0.410. The molecule has 0 saturated heterocycles. The summed E-state index contributed by atoms with van der Waals surface area (Å²) in [6, 6.07) is 0. The average molecular weight is 243 g/mol. The van der Waals surface area contributed by atoms with Crippen LogP contribution in [0.25, 0.3) is 0 Å². The lowest BCUT2D eigenvalue weighted by Crippen LogP contribution is -2.24. The molecule has 6 heteroatoms. The Labute approximate surface area is 102 Å². The summed E-state index contributed by atoms with van der Waals surface area (Å²) in [5, 5.41) is 3.27. The molecule has 98 valence electrons. The molecule has 0 aromatic carbocycles. The predicted molar refractivity (Wildman–Crippen MR) is 63.7 cm³/mol. The first-order chi connectivity index (χ1) is 8.33. The molecule has 0 spiro atoms. The van der Waals surface area contributed by atoms with Gasteiger partial charge in [0, 0.05) is 41.0 Å². The minimum Gasteiger partial charge on any atom is -0.383 e. The van der Waals surface area contributed by atoms with E-state index in [2.05, 4.69) is 10.3 Å². The summed E-state index contributed by atoms with van der Waals surface area (Å²) in [6.45, 7) is 3.24. The van der Waals surface area contributed by atoms with Crippen LogP contribution in [-0.4, -0.2) is 50.6 Å². The monoisotopic (exact) mass is 243 g/mol. The van der Waals surface area contributed by atoms with Crippen LogP contribution in [0.15, 0.2) is 12.5 Å². The molecule has 0 aliphatic heterocycles. The Kier molecular flexibility index (Phi) is 6.80. The highest BCUT2D eigenvalue weighted by molar-refractivity contribution is 5.00. The molecule has 0 amide bonds. The lowest BCUT2D eigenvalue weighted by molar-refractivity contribution is -0.110. The Morgan fingerprint density at radius 2 is 2.06 bits per heavy atom. The van der Waals surface area contributed by atoms with Gasteiger partial charge in [-0.2, -0.15) is 0 Å². The second-order valence-corrected chi connectivity index (χ2v) is 3.56. The fourth-order valence-corrected chi connectivity index (χ4v) is 1.55. The van der Waals surface area contributed by atoms with Crippen molar-refractivity contribution in [3.05, 3.63) is 18.2 Å². The molecule has 1 aromatic heterocycles. The molecule has 0 fully saturated rings. The van der Waals surface area contributed by atoms with E-state index in [9.17, 15) is 0 Å². The van der Waals surface area contributed by atoms with Gasteiger partial charge in [-0.3, -0.25) is 0 Å². The van der Waals surface area contributed by atoms with Crippen molar-refractivity contribution in [3.8, 4) is 0 Å². The van der Waals surface area contributed by atoms with E-state index in [1.807, 2.05) is 4.57 Å². The first kappa shape index (κ1) is 14.1. The van der Waals surface area contributed by atoms with Gasteiger partial charge in [0.15, 0.2) is 6.29 Å². The quantitative estimate of drug-likeness (QED) is 0.503. The van der Waals surface area contributed by atoms with Gasteiger partial charge < -0.3 is 24.1 Å². The topological polar surface area (TPSA) is 57.5 Å². The summed E-state index contributed by atoms with van der Waals surface area (Å²) >= 11 is 0. The van der Waals surface area contributed by atoms with Crippen LogP contribution in [0.3, 0.4) is 0 Å². The fraction of sp³-hybridized carbons (Fsp3) is 0.727. The first-order valence-electron chi connectivity index (χ1n) is 5.58. The maximum absolute atomic E-state index is 5.21. The molecule has 1 aromatic rings. The summed E-state index contributed by atoms with van der Waals surface area (Å²) in [5.74, 6) is 0. The molecule has 17 heavy (non-hydrogen) atoms. The van der Waals surface area contributed by atoms with Crippen molar-refractivity contribution in [1.82, 2.24) is 14.9 Å². The Hall–Kier alpha value is -0.950. The van der Waals surface area contributed by atoms with E-state index >= 15 is 0 Å². The molecule has 1 rings (SSSR count). The number of nitrogens with one attached hydrogen (secondary N) is 1. The van der Waals surface area contributed by atoms with Crippen molar-refractivity contribution in [2.75, 3.05) is 41.0 Å². The number of imidazole rings is 1. The maximum atomic E-state index is 5.21. The number of ether oxygens (including phenoxy) is 3. The number of hydrogen-bond donors (Lipinski definition) is 1. The summed E-state index contributed by atoms with van der Waals surface area (Å²) in [7, 11) is 4.92. The molecular formula is C11H21N3O3. The van der Waals surface area contributed by atoms with Crippen molar-refractivity contribution in [2.45, 2.75) is 12.8 Å². The molecule has 0 aliphatic rings. The van der Waals surface area contributed by atoms with Crippen molar-refractivity contribution in [2.24, 2.45) is 0 Å². The molecule has 0 atom stereocenters. The van der Waals surface area contributed by atoms with E-state index in [0.717, 1.165) is 31.9 Å². The third-order valence-electron chi connectivity index (χ3n) is 2.43. The van der Waals surface area contributed by atoms with Gasteiger partial charge in [0.1, 0.15) is 0 Å². The van der Waals surface area contributed by atoms with Crippen LogP contribution < -0.4 is 5.32 Å². The normalized spacial score (nSPS) is 11.3. The third-order valence-corrected chi connectivity index (χ3v) is 2.43. The van der Waals surface area contributed by atoms with E-state index in [-0.39, 0.29) is 6.29 Å². The summed E-state index contributed by atoms with van der Waals surface area (Å²) in [4.78, 5) is 4.10. The van der Waals surface area contributed by atoms with Gasteiger partial charge in [-0.25, -0.2) is 4.98 Å². The smallest absolute Gasteiger partial charge is 0.200 e. The summed E-state index contributed by atoms with van der Waals surface area (Å²) < 4.78 is 17.4. The van der Waals surface area contributed by atoms with E-state index in [0.29, 0.717) is 0 Å². The number of nitrogens with zero attached hydrogens (tertiary/aromatic N) is 2. The average Bonchev–Trinajstić information content (AvgIpc) is 2.79. The highest BCUT2D eigenvalue weighted by Crippen LogP contribution is 2.16. The summed E-state index contributed by atoms with van der Waals surface area (Å²) in [6.07, 6.45) is 3.17. The third kappa shape index (κ3) is 4.43. The molecule has 0 radical (unpaired) electrons. The van der Waals surface area contributed by atoms with Crippen LogP contribution in [-0.2, 0) is 20.8 Å². The molecule has 1 N–H and O–H groups in total. The largest absolute Gasteiger partial charge is 0.383 e. The van der Waals surface area contributed by atoms with Crippen LogP contribution in [0.1, 0.15) is 12.0 Å². The van der Waals surface area contributed by atoms with E-state index in [1.165, 1.54) is 0 Å². The zero-order chi connectivity index (χ0) is 12.5. The van der Waals surface area contributed by atoms with Gasteiger partial charge in [-0.1, -0.05) is 0 Å². The Morgan fingerprint density at radius 3 is 2.71 bits per heavy atom. The Morgan fingerprint density at radius 1 is 1.29 bits per heavy atom. The molecule has 1 heterocycles. The lowest BCUT2D eigenvalue weighted by atomic mass is 10.4. The SMILES string of the molecule is COCCNCCn1cncc1C(OC)OC. The van der Waals surface area contributed by atoms with Gasteiger partial charge in [-0.05, 0) is 0 Å². The highest BCUT2D eigenvalue weighted by Gasteiger charge is 2.13. The minimum atomic E-state index is -0.364. The fourth-order valence-electron chi connectivity index (χ4n) is 1.55. The van der Waals surface area contributed by atoms with Crippen molar-refractivity contribution in [3.63, 3.8) is 0 Å². The van der Waals surface area contributed by atoms with Crippen molar-refractivity contribution in [1.29, 1.82) is 0 Å². The molecule has 0 saturated carbocycles. The zero-order valence-electron chi connectivity index (χ0n) is 10.7. The molecule has 0 aliphatic carbocycles. The minimum absolute atomic E-state index is 0.364. The van der Waals surface area contributed by atoms with Crippen LogP contribution in [0, 0.1) is 0 Å². The molecule has 6 nitrogen and oxygen atoms in total. The number of methoxy groups -OCH3 is 3. The summed E-state index contributed by atoms with van der Waals surface area (Å²) in [5.41, 5.74) is 0.920. The van der Waals surface area contributed by atoms with Crippen LogP contribution in [0.5, 0.6) is 0 Å². The van der Waals surface area contributed by atoms with Crippen molar-refractivity contribution >= 4 is 0 Å². The van der Waals surface area contributed by atoms with E-state index in [4.69, 9.17) is 14.2 Å². The van der Waals surface area contributed by atoms with E-state index < -0.39 is 0 Å². The van der Waals surface area contributed by atoms with Gasteiger partial charge in [0.25, 0.3) is 0 Å². The molecular weight excluding hydrogens is 222 g/mol. The van der Waals surface area contributed by atoms with Gasteiger partial charge in [-0.15, -0.1) is 0 Å². The number of aromatic nitrogens is 2. The molecule has 0 bridgehead atoms. The standard InChI is InChI=1S/C11H21N3O3/c1-15-7-5-12-4-6-14-9-13-8-10(14)11(16-2)17-3/h8-9,11-12H,4-7H2,1-3H3. The lowest BCUT2D eigenvalue weighted by Gasteiger charge is -2.15. The van der Waals surface area contributed by atoms with Gasteiger partial charge >= 0.3 is 0 Å².